The van der Waals surface area contributed by atoms with Crippen molar-refractivity contribution in [3.63, 3.8) is 0 Å². The zero-order chi connectivity index (χ0) is 11.1. The van der Waals surface area contributed by atoms with E-state index in [1.54, 1.807) is 13.2 Å². The zero-order valence-electron chi connectivity index (χ0n) is 8.96. The van der Waals surface area contributed by atoms with Crippen LogP contribution >= 0.6 is 0 Å². The van der Waals surface area contributed by atoms with Crippen molar-refractivity contribution in [2.45, 2.75) is 31.5 Å². The predicted octanol–water partition coefficient (Wildman–Crippen LogP) is 2.13. The average Bonchev–Trinajstić information content (AvgIpc) is 2.12. The molecule has 2 rings (SSSR count). The van der Waals surface area contributed by atoms with Crippen molar-refractivity contribution in [2.75, 3.05) is 7.11 Å². The van der Waals surface area contributed by atoms with E-state index in [1.807, 2.05) is 6.92 Å². The molecule has 1 aromatic rings. The molecular formula is C12H15FO2. The van der Waals surface area contributed by atoms with Crippen LogP contribution < -0.4 is 0 Å². The normalized spacial score (nSPS) is 30.0. The van der Waals surface area contributed by atoms with E-state index in [9.17, 15) is 9.50 Å². The Morgan fingerprint density at radius 2 is 2.13 bits per heavy atom. The lowest BCUT2D eigenvalue weighted by Gasteiger charge is -2.43. The second-order valence-electron chi connectivity index (χ2n) is 4.26. The van der Waals surface area contributed by atoms with Crippen molar-refractivity contribution in [3.8, 4) is 0 Å². The molecule has 15 heavy (non-hydrogen) atoms. The Bertz CT molecular complexity index is 370. The minimum Gasteiger partial charge on any atom is -0.385 e. The van der Waals surface area contributed by atoms with Crippen LogP contribution in [0.4, 0.5) is 4.39 Å². The van der Waals surface area contributed by atoms with Gasteiger partial charge in [0.1, 0.15) is 5.82 Å². The van der Waals surface area contributed by atoms with E-state index in [0.29, 0.717) is 12.8 Å². The molecule has 3 heteroatoms. The average molecular weight is 210 g/mol. The van der Waals surface area contributed by atoms with E-state index in [-0.39, 0.29) is 11.9 Å². The summed E-state index contributed by atoms with van der Waals surface area (Å²) in [6.45, 7) is 1.82. The third-order valence-electron chi connectivity index (χ3n) is 3.15. The van der Waals surface area contributed by atoms with Crippen LogP contribution in [0.1, 0.15) is 24.0 Å². The Labute approximate surface area is 88.7 Å². The lowest BCUT2D eigenvalue weighted by Crippen LogP contribution is -2.45. The highest BCUT2D eigenvalue weighted by Gasteiger charge is 2.44. The molecule has 0 atom stereocenters. The van der Waals surface area contributed by atoms with Gasteiger partial charge in [0, 0.05) is 20.0 Å². The first-order chi connectivity index (χ1) is 7.05. The van der Waals surface area contributed by atoms with Crippen LogP contribution in [0.3, 0.4) is 0 Å². The van der Waals surface area contributed by atoms with E-state index >= 15 is 0 Å². The van der Waals surface area contributed by atoms with E-state index in [4.69, 9.17) is 4.74 Å². The summed E-state index contributed by atoms with van der Waals surface area (Å²) in [6, 6.07) is 4.50. The maximum Gasteiger partial charge on any atom is 0.123 e. The van der Waals surface area contributed by atoms with Gasteiger partial charge in [-0.1, -0.05) is 6.07 Å². The first-order valence-corrected chi connectivity index (χ1v) is 5.07. The largest absolute Gasteiger partial charge is 0.385 e. The summed E-state index contributed by atoms with van der Waals surface area (Å²) in [5.74, 6) is -0.262. The van der Waals surface area contributed by atoms with Gasteiger partial charge < -0.3 is 9.84 Å². The Morgan fingerprint density at radius 1 is 1.47 bits per heavy atom. The third kappa shape index (κ3) is 1.77. The van der Waals surface area contributed by atoms with Crippen molar-refractivity contribution in [2.24, 2.45) is 0 Å². The quantitative estimate of drug-likeness (QED) is 0.810. The van der Waals surface area contributed by atoms with Gasteiger partial charge in [0.05, 0.1) is 11.7 Å². The van der Waals surface area contributed by atoms with Crippen molar-refractivity contribution in [3.05, 3.63) is 35.1 Å². The van der Waals surface area contributed by atoms with Gasteiger partial charge in [-0.2, -0.15) is 0 Å². The van der Waals surface area contributed by atoms with Crippen LogP contribution in [0.25, 0.3) is 0 Å². The summed E-state index contributed by atoms with van der Waals surface area (Å²) in [5.41, 5.74) is 0.794. The molecule has 1 saturated carbocycles. The molecule has 0 amide bonds. The molecule has 1 N–H and O–H groups in total. The van der Waals surface area contributed by atoms with E-state index in [0.717, 1.165) is 11.1 Å². The van der Waals surface area contributed by atoms with Gasteiger partial charge >= 0.3 is 0 Å². The van der Waals surface area contributed by atoms with Gasteiger partial charge in [0.15, 0.2) is 0 Å². The van der Waals surface area contributed by atoms with Crippen molar-refractivity contribution in [1.82, 2.24) is 0 Å². The highest BCUT2D eigenvalue weighted by Crippen LogP contribution is 2.43. The van der Waals surface area contributed by atoms with Crippen LogP contribution in [0.5, 0.6) is 0 Å². The van der Waals surface area contributed by atoms with Gasteiger partial charge in [-0.25, -0.2) is 4.39 Å². The first-order valence-electron chi connectivity index (χ1n) is 5.07. The van der Waals surface area contributed by atoms with Crippen LogP contribution in [-0.2, 0) is 10.3 Å². The SMILES string of the molecule is COC1CC(O)(c2ccc(F)cc2C)C1. The van der Waals surface area contributed by atoms with E-state index in [2.05, 4.69) is 0 Å². The second-order valence-corrected chi connectivity index (χ2v) is 4.26. The summed E-state index contributed by atoms with van der Waals surface area (Å²) < 4.78 is 18.0. The number of methoxy groups -OCH3 is 1. The number of aryl methyl sites for hydroxylation is 1. The zero-order valence-corrected chi connectivity index (χ0v) is 8.96. The molecule has 82 valence electrons. The molecule has 1 aromatic carbocycles. The molecule has 0 aromatic heterocycles. The summed E-state index contributed by atoms with van der Waals surface area (Å²) in [7, 11) is 1.64. The highest BCUT2D eigenvalue weighted by atomic mass is 19.1. The molecule has 0 bridgehead atoms. The van der Waals surface area contributed by atoms with Crippen LogP contribution in [-0.4, -0.2) is 18.3 Å². The molecule has 2 nitrogen and oxygen atoms in total. The molecule has 1 aliphatic rings. The van der Waals surface area contributed by atoms with Gasteiger partial charge in [-0.15, -0.1) is 0 Å². The fourth-order valence-electron chi connectivity index (χ4n) is 2.23. The smallest absolute Gasteiger partial charge is 0.123 e. The number of benzene rings is 1. The number of hydrogen-bond donors (Lipinski definition) is 1. The summed E-state index contributed by atoms with van der Waals surface area (Å²) in [5, 5.41) is 10.3. The summed E-state index contributed by atoms with van der Waals surface area (Å²) in [4.78, 5) is 0. The topological polar surface area (TPSA) is 29.5 Å². The minimum atomic E-state index is -0.821. The molecule has 0 aliphatic heterocycles. The highest BCUT2D eigenvalue weighted by molar-refractivity contribution is 5.34. The summed E-state index contributed by atoms with van der Waals surface area (Å²) >= 11 is 0. The molecule has 0 saturated heterocycles. The van der Waals surface area contributed by atoms with E-state index in [1.165, 1.54) is 12.1 Å². The molecular weight excluding hydrogens is 195 g/mol. The van der Waals surface area contributed by atoms with Crippen LogP contribution in [0.15, 0.2) is 18.2 Å². The van der Waals surface area contributed by atoms with Gasteiger partial charge in [0.2, 0.25) is 0 Å². The Balaban J connectivity index is 2.24. The molecule has 0 radical (unpaired) electrons. The lowest BCUT2D eigenvalue weighted by molar-refractivity contribution is -0.133. The number of rotatable bonds is 2. The monoisotopic (exact) mass is 210 g/mol. The molecule has 0 unspecified atom stereocenters. The maximum atomic E-state index is 12.9. The molecule has 1 aliphatic carbocycles. The van der Waals surface area contributed by atoms with Crippen molar-refractivity contribution < 1.29 is 14.2 Å². The third-order valence-corrected chi connectivity index (χ3v) is 3.15. The van der Waals surface area contributed by atoms with Crippen LogP contribution in [0, 0.1) is 12.7 Å². The molecule has 1 fully saturated rings. The molecule has 0 heterocycles. The minimum absolute atomic E-state index is 0.124. The fraction of sp³-hybridized carbons (Fsp3) is 0.500. The summed E-state index contributed by atoms with van der Waals surface area (Å²) in [6.07, 6.45) is 1.31. The van der Waals surface area contributed by atoms with Crippen molar-refractivity contribution in [1.29, 1.82) is 0 Å². The lowest BCUT2D eigenvalue weighted by atomic mass is 9.71. The van der Waals surface area contributed by atoms with Crippen molar-refractivity contribution >= 4 is 0 Å². The Kier molecular flexibility index (Phi) is 2.52. The predicted molar refractivity (Wildman–Crippen MR) is 55.1 cm³/mol. The fourth-order valence-corrected chi connectivity index (χ4v) is 2.23. The van der Waals surface area contributed by atoms with Gasteiger partial charge in [-0.05, 0) is 30.2 Å². The maximum absolute atomic E-state index is 12.9. The first kappa shape index (κ1) is 10.6. The van der Waals surface area contributed by atoms with E-state index < -0.39 is 5.60 Å². The standard InChI is InChI=1S/C12H15FO2/c1-8-5-9(13)3-4-11(8)12(14)6-10(7-12)15-2/h3-5,10,14H,6-7H2,1-2H3. The Morgan fingerprint density at radius 3 is 2.67 bits per heavy atom. The Hall–Kier alpha value is -0.930. The number of aliphatic hydroxyl groups is 1. The van der Waals surface area contributed by atoms with Gasteiger partial charge in [0.25, 0.3) is 0 Å². The number of halogens is 1. The van der Waals surface area contributed by atoms with Crippen LogP contribution in [0.2, 0.25) is 0 Å². The molecule has 0 spiro atoms. The van der Waals surface area contributed by atoms with Gasteiger partial charge in [-0.3, -0.25) is 0 Å². The number of ether oxygens (including phenoxy) is 1. The second kappa shape index (κ2) is 3.58. The number of hydrogen-bond acceptors (Lipinski definition) is 2.